The van der Waals surface area contributed by atoms with Gasteiger partial charge in [-0.25, -0.2) is 0 Å². The first-order valence-electron chi connectivity index (χ1n) is 8.87. The zero-order valence-electron chi connectivity index (χ0n) is 15.3. The molecule has 26 heavy (non-hydrogen) atoms. The molecular weight excluding hydrogens is 364 g/mol. The van der Waals surface area contributed by atoms with Gasteiger partial charge in [-0.2, -0.15) is 0 Å². The molecule has 6 heteroatoms. The van der Waals surface area contributed by atoms with Gasteiger partial charge in [0.05, 0.1) is 5.56 Å². The van der Waals surface area contributed by atoms with Crippen LogP contribution in [0, 0.1) is 5.92 Å². The number of hydrogen-bond acceptors (Lipinski definition) is 4. The van der Waals surface area contributed by atoms with Crippen molar-refractivity contribution in [1.29, 1.82) is 0 Å². The van der Waals surface area contributed by atoms with Crippen LogP contribution in [0.25, 0.3) is 0 Å². The number of nitrogens with two attached hydrogens (primary N) is 1. The predicted octanol–water partition coefficient (Wildman–Crippen LogP) is 4.72. The average Bonchev–Trinajstić information content (AvgIpc) is 2.91. The van der Waals surface area contributed by atoms with Crippen molar-refractivity contribution in [2.45, 2.75) is 50.2 Å². The predicted molar refractivity (Wildman–Crippen MR) is 109 cm³/mol. The molecule has 0 radical (unpaired) electrons. The van der Waals surface area contributed by atoms with Crippen LogP contribution in [0.3, 0.4) is 0 Å². The molecule has 0 fully saturated rings. The van der Waals surface area contributed by atoms with E-state index in [0.717, 1.165) is 29.7 Å². The third-order valence-corrected chi connectivity index (χ3v) is 6.62. The molecule has 1 aliphatic rings. The number of thiophene rings is 1. The molecule has 1 heterocycles. The summed E-state index contributed by atoms with van der Waals surface area (Å²) >= 11 is 3.21. The smallest absolute Gasteiger partial charge is 0.256 e. The van der Waals surface area contributed by atoms with Crippen molar-refractivity contribution in [2.75, 3.05) is 5.32 Å². The summed E-state index contributed by atoms with van der Waals surface area (Å²) in [5.41, 5.74) is 7.74. The van der Waals surface area contributed by atoms with Gasteiger partial charge < -0.3 is 11.1 Å². The highest BCUT2D eigenvalue weighted by molar-refractivity contribution is 7.99. The first-order chi connectivity index (χ1) is 12.3. The molecule has 1 aromatic heterocycles. The van der Waals surface area contributed by atoms with Gasteiger partial charge in [0.1, 0.15) is 5.00 Å². The van der Waals surface area contributed by atoms with Crippen LogP contribution in [0.15, 0.2) is 29.2 Å². The second-order valence-corrected chi connectivity index (χ2v) is 9.82. The monoisotopic (exact) mass is 388 g/mol. The molecule has 2 amide bonds. The van der Waals surface area contributed by atoms with Gasteiger partial charge in [-0.3, -0.25) is 9.59 Å². The number of primary amides is 1. The van der Waals surface area contributed by atoms with Gasteiger partial charge in [0.25, 0.3) is 11.8 Å². The van der Waals surface area contributed by atoms with E-state index < -0.39 is 5.91 Å². The van der Waals surface area contributed by atoms with Crippen LogP contribution in [-0.2, 0) is 12.8 Å². The fourth-order valence-corrected chi connectivity index (χ4v) is 5.57. The number of anilines is 1. The van der Waals surface area contributed by atoms with Crippen molar-refractivity contribution in [3.05, 3.63) is 45.8 Å². The lowest BCUT2D eigenvalue weighted by molar-refractivity contribution is 0.1000. The minimum Gasteiger partial charge on any atom is -0.365 e. The number of carbonyl (C=O) groups is 2. The fraction of sp³-hybridized carbons (Fsp3) is 0.400. The van der Waals surface area contributed by atoms with E-state index in [4.69, 9.17) is 5.73 Å². The SMILES string of the molecule is CC1CCc2c(sc(NC(=O)c3cccc(SC(C)C)c3)c2C(N)=O)C1. The molecule has 0 spiro atoms. The number of benzene rings is 1. The molecule has 1 unspecified atom stereocenters. The van der Waals surface area contributed by atoms with Crippen molar-refractivity contribution in [3.8, 4) is 0 Å². The number of hydrogen-bond donors (Lipinski definition) is 2. The van der Waals surface area contributed by atoms with E-state index in [-0.39, 0.29) is 5.91 Å². The number of fused-ring (bicyclic) bond motifs is 1. The molecule has 1 aromatic carbocycles. The van der Waals surface area contributed by atoms with Crippen molar-refractivity contribution in [2.24, 2.45) is 11.7 Å². The Morgan fingerprint density at radius 2 is 2.12 bits per heavy atom. The maximum atomic E-state index is 12.7. The standard InChI is InChI=1S/C20H24N2O2S2/c1-11(2)25-14-6-4-5-13(10-14)19(24)22-20-17(18(21)23)15-8-7-12(3)9-16(15)26-20/h4-6,10-12H,7-9H2,1-3H3,(H2,21,23)(H,22,24). The van der Waals surface area contributed by atoms with Crippen molar-refractivity contribution < 1.29 is 9.59 Å². The molecule has 0 bridgehead atoms. The zero-order chi connectivity index (χ0) is 18.8. The Morgan fingerprint density at radius 3 is 2.81 bits per heavy atom. The van der Waals surface area contributed by atoms with Crippen molar-refractivity contribution in [1.82, 2.24) is 0 Å². The molecule has 1 atom stereocenters. The molecule has 0 aliphatic heterocycles. The summed E-state index contributed by atoms with van der Waals surface area (Å²) in [4.78, 5) is 27.0. The lowest BCUT2D eigenvalue weighted by Crippen LogP contribution is -2.19. The van der Waals surface area contributed by atoms with E-state index in [9.17, 15) is 9.59 Å². The number of amides is 2. The summed E-state index contributed by atoms with van der Waals surface area (Å²) in [6, 6.07) is 7.57. The van der Waals surface area contributed by atoms with Crippen LogP contribution in [0.2, 0.25) is 0 Å². The quantitative estimate of drug-likeness (QED) is 0.728. The van der Waals surface area contributed by atoms with Crippen LogP contribution in [0.5, 0.6) is 0 Å². The Morgan fingerprint density at radius 1 is 1.35 bits per heavy atom. The molecule has 0 saturated heterocycles. The van der Waals surface area contributed by atoms with Crippen LogP contribution in [0.1, 0.15) is 58.3 Å². The van der Waals surface area contributed by atoms with Crippen molar-refractivity contribution >= 4 is 39.9 Å². The molecule has 0 saturated carbocycles. The lowest BCUT2D eigenvalue weighted by Gasteiger charge is -2.18. The summed E-state index contributed by atoms with van der Waals surface area (Å²) < 4.78 is 0. The minimum atomic E-state index is -0.462. The molecule has 138 valence electrons. The van der Waals surface area contributed by atoms with E-state index in [2.05, 4.69) is 26.1 Å². The van der Waals surface area contributed by atoms with Gasteiger partial charge in [0, 0.05) is 20.6 Å². The summed E-state index contributed by atoms with van der Waals surface area (Å²) in [7, 11) is 0. The van der Waals surface area contributed by atoms with Crippen LogP contribution < -0.4 is 11.1 Å². The van der Waals surface area contributed by atoms with Gasteiger partial charge in [-0.15, -0.1) is 23.1 Å². The summed E-state index contributed by atoms with van der Waals surface area (Å²) in [6.45, 7) is 6.45. The number of carbonyl (C=O) groups excluding carboxylic acids is 2. The lowest BCUT2D eigenvalue weighted by atomic mass is 9.88. The molecular formula is C20H24N2O2S2. The maximum Gasteiger partial charge on any atom is 0.256 e. The molecule has 2 aromatic rings. The maximum absolute atomic E-state index is 12.7. The van der Waals surface area contributed by atoms with E-state index in [0.29, 0.717) is 27.3 Å². The van der Waals surface area contributed by atoms with Crippen LogP contribution >= 0.6 is 23.1 Å². The van der Waals surface area contributed by atoms with E-state index in [1.54, 1.807) is 17.8 Å². The molecule has 3 N–H and O–H groups in total. The second-order valence-electron chi connectivity index (χ2n) is 7.07. The second kappa shape index (κ2) is 7.84. The molecule has 3 rings (SSSR count). The van der Waals surface area contributed by atoms with E-state index >= 15 is 0 Å². The van der Waals surface area contributed by atoms with Gasteiger partial charge in [-0.05, 0) is 48.9 Å². The number of nitrogens with one attached hydrogen (secondary N) is 1. The molecule has 1 aliphatic carbocycles. The summed E-state index contributed by atoms with van der Waals surface area (Å²) in [6.07, 6.45) is 2.84. The Balaban J connectivity index is 1.87. The normalized spacial score (nSPS) is 16.4. The topological polar surface area (TPSA) is 72.2 Å². The Bertz CT molecular complexity index is 842. The van der Waals surface area contributed by atoms with Gasteiger partial charge >= 0.3 is 0 Å². The fourth-order valence-electron chi connectivity index (χ4n) is 3.26. The van der Waals surface area contributed by atoms with Crippen LogP contribution in [-0.4, -0.2) is 17.1 Å². The number of thioether (sulfide) groups is 1. The highest BCUT2D eigenvalue weighted by Crippen LogP contribution is 2.39. The van der Waals surface area contributed by atoms with E-state index in [1.807, 2.05) is 18.2 Å². The first kappa shape index (κ1) is 19.0. The van der Waals surface area contributed by atoms with Gasteiger partial charge in [-0.1, -0.05) is 26.8 Å². The zero-order valence-corrected chi connectivity index (χ0v) is 16.9. The summed E-state index contributed by atoms with van der Waals surface area (Å²) in [5, 5.41) is 3.96. The first-order valence-corrected chi connectivity index (χ1v) is 10.6. The highest BCUT2D eigenvalue weighted by atomic mass is 32.2. The summed E-state index contributed by atoms with van der Waals surface area (Å²) in [5.74, 6) is -0.0722. The largest absolute Gasteiger partial charge is 0.365 e. The molecule has 4 nitrogen and oxygen atoms in total. The van der Waals surface area contributed by atoms with Crippen molar-refractivity contribution in [3.63, 3.8) is 0 Å². The van der Waals surface area contributed by atoms with Gasteiger partial charge in [0.15, 0.2) is 0 Å². The highest BCUT2D eigenvalue weighted by Gasteiger charge is 2.27. The number of rotatable bonds is 5. The third-order valence-electron chi connectivity index (χ3n) is 4.45. The van der Waals surface area contributed by atoms with E-state index in [1.165, 1.54) is 16.2 Å². The third kappa shape index (κ3) is 4.13. The Labute approximate surface area is 162 Å². The minimum absolute atomic E-state index is 0.203. The Kier molecular flexibility index (Phi) is 5.73. The Hall–Kier alpha value is -1.79. The van der Waals surface area contributed by atoms with Crippen LogP contribution in [0.4, 0.5) is 5.00 Å². The van der Waals surface area contributed by atoms with Gasteiger partial charge in [0.2, 0.25) is 0 Å². The average molecular weight is 389 g/mol.